The Labute approximate surface area is 120 Å². The molecule has 0 aliphatic carbocycles. The molecule has 0 spiro atoms. The number of rotatable bonds is 7. The summed E-state index contributed by atoms with van der Waals surface area (Å²) in [5.41, 5.74) is 0.163. The summed E-state index contributed by atoms with van der Waals surface area (Å²) in [5, 5.41) is -0.183. The summed E-state index contributed by atoms with van der Waals surface area (Å²) in [6.45, 7) is 10.0. The lowest BCUT2D eigenvalue weighted by molar-refractivity contribution is -0.142. The number of carbonyl (C=O) groups excluding carboxylic acids is 2. The topological polar surface area (TPSA) is 52.6 Å². The zero-order valence-electron chi connectivity index (χ0n) is 12.3. The summed E-state index contributed by atoms with van der Waals surface area (Å²) in [5.74, 6) is -0.781. The van der Waals surface area contributed by atoms with Crippen LogP contribution < -0.4 is 0 Å². The molecule has 0 bridgehead atoms. The smallest absolute Gasteiger partial charge is 0.350 e. The molecular weight excluding hydrogens is 268 g/mol. The summed E-state index contributed by atoms with van der Waals surface area (Å²) in [6.07, 6.45) is 0.326. The van der Waals surface area contributed by atoms with Gasteiger partial charge < -0.3 is 9.47 Å². The van der Waals surface area contributed by atoms with Gasteiger partial charge in [0.05, 0.1) is 18.8 Å². The minimum atomic E-state index is -0.672. The average molecular weight is 291 g/mol. The van der Waals surface area contributed by atoms with Crippen LogP contribution in [-0.4, -0.2) is 25.2 Å². The van der Waals surface area contributed by atoms with Crippen molar-refractivity contribution < 1.29 is 19.1 Å². The second kappa shape index (κ2) is 8.97. The van der Waals surface area contributed by atoms with Crippen molar-refractivity contribution in [3.8, 4) is 0 Å². The van der Waals surface area contributed by atoms with Crippen LogP contribution in [0.5, 0.6) is 0 Å². The summed E-state index contributed by atoms with van der Waals surface area (Å²) < 4.78 is 10.1. The lowest BCUT2D eigenvalue weighted by Crippen LogP contribution is -2.17. The minimum Gasteiger partial charge on any atom is -0.462 e. The van der Waals surface area contributed by atoms with Crippen molar-refractivity contribution in [2.24, 2.45) is 11.8 Å². The monoisotopic (exact) mass is 290 g/mol. The molecule has 110 valence electrons. The molecule has 0 saturated heterocycles. The van der Waals surface area contributed by atoms with Gasteiger partial charge in [-0.1, -0.05) is 46.2 Å². The number of hydrogen-bond acceptors (Lipinski definition) is 4. The highest BCUT2D eigenvalue weighted by Gasteiger charge is 2.21. The van der Waals surface area contributed by atoms with Gasteiger partial charge in [-0.2, -0.15) is 0 Å². The van der Waals surface area contributed by atoms with Crippen molar-refractivity contribution in [1.82, 2.24) is 0 Å². The van der Waals surface area contributed by atoms with E-state index >= 15 is 0 Å². The van der Waals surface area contributed by atoms with E-state index in [1.165, 1.54) is 0 Å². The summed E-state index contributed by atoms with van der Waals surface area (Å²) in [4.78, 5) is 23.5. The van der Waals surface area contributed by atoms with Crippen LogP contribution in [0.4, 0.5) is 0 Å². The quantitative estimate of drug-likeness (QED) is 0.533. The molecule has 0 unspecified atom stereocenters. The van der Waals surface area contributed by atoms with Crippen molar-refractivity contribution in [2.45, 2.75) is 41.0 Å². The zero-order chi connectivity index (χ0) is 15.0. The molecule has 0 rings (SSSR count). The van der Waals surface area contributed by atoms with E-state index in [-0.39, 0.29) is 29.0 Å². The largest absolute Gasteiger partial charge is 0.462 e. The Morgan fingerprint density at radius 3 is 1.74 bits per heavy atom. The van der Waals surface area contributed by atoms with E-state index in [0.29, 0.717) is 13.0 Å². The molecule has 19 heavy (non-hydrogen) atoms. The third kappa shape index (κ3) is 7.21. The molecule has 0 radical (unpaired) electrons. The van der Waals surface area contributed by atoms with Crippen LogP contribution in [0.1, 0.15) is 41.0 Å². The summed E-state index contributed by atoms with van der Waals surface area (Å²) >= 11 is 5.90. The van der Waals surface area contributed by atoms with Crippen LogP contribution in [0, 0.1) is 11.8 Å². The van der Waals surface area contributed by atoms with Crippen LogP contribution in [0.3, 0.4) is 0 Å². The first kappa shape index (κ1) is 18.0. The lowest BCUT2D eigenvalue weighted by Gasteiger charge is -2.11. The SMILES string of the molecule is CC/C(C(=O)OCC(C)C)=C(\Cl)C(=O)OCC(C)C. The molecular formula is C14H23ClO4. The highest BCUT2D eigenvalue weighted by molar-refractivity contribution is 6.43. The Morgan fingerprint density at radius 2 is 1.37 bits per heavy atom. The lowest BCUT2D eigenvalue weighted by atomic mass is 10.2. The van der Waals surface area contributed by atoms with Gasteiger partial charge in [-0.05, 0) is 18.3 Å². The van der Waals surface area contributed by atoms with E-state index in [1.807, 2.05) is 27.7 Å². The molecule has 0 aliphatic heterocycles. The van der Waals surface area contributed by atoms with Crippen LogP contribution in [0.15, 0.2) is 10.6 Å². The highest BCUT2D eigenvalue weighted by Crippen LogP contribution is 2.17. The Balaban J connectivity index is 4.72. The second-order valence-corrected chi connectivity index (χ2v) is 5.51. The second-order valence-electron chi connectivity index (χ2n) is 5.13. The van der Waals surface area contributed by atoms with E-state index in [0.717, 1.165) is 0 Å². The molecule has 0 N–H and O–H groups in total. The maximum Gasteiger partial charge on any atom is 0.350 e. The maximum atomic E-state index is 11.8. The molecule has 0 fully saturated rings. The van der Waals surface area contributed by atoms with Crippen LogP contribution >= 0.6 is 11.6 Å². The number of esters is 2. The Morgan fingerprint density at radius 1 is 0.947 bits per heavy atom. The van der Waals surface area contributed by atoms with Crippen LogP contribution in [-0.2, 0) is 19.1 Å². The van der Waals surface area contributed by atoms with Crippen molar-refractivity contribution in [1.29, 1.82) is 0 Å². The van der Waals surface area contributed by atoms with E-state index in [4.69, 9.17) is 21.1 Å². The van der Waals surface area contributed by atoms with Gasteiger partial charge in [0.2, 0.25) is 0 Å². The minimum absolute atomic E-state index is 0.163. The summed E-state index contributed by atoms with van der Waals surface area (Å²) in [6, 6.07) is 0. The third-order valence-corrected chi connectivity index (χ3v) is 2.52. The summed E-state index contributed by atoms with van der Waals surface area (Å²) in [7, 11) is 0. The van der Waals surface area contributed by atoms with Crippen molar-refractivity contribution in [3.63, 3.8) is 0 Å². The van der Waals surface area contributed by atoms with Gasteiger partial charge in [0.15, 0.2) is 0 Å². The van der Waals surface area contributed by atoms with E-state index < -0.39 is 11.9 Å². The predicted octanol–water partition coefficient (Wildman–Crippen LogP) is 3.29. The molecule has 0 aliphatic rings. The number of halogens is 1. The van der Waals surface area contributed by atoms with E-state index in [1.54, 1.807) is 6.92 Å². The van der Waals surface area contributed by atoms with Crippen molar-refractivity contribution in [2.75, 3.05) is 13.2 Å². The Hall–Kier alpha value is -1.03. The van der Waals surface area contributed by atoms with Gasteiger partial charge in [0.25, 0.3) is 0 Å². The first-order valence-corrected chi connectivity index (χ1v) is 6.90. The maximum absolute atomic E-state index is 11.8. The molecule has 0 heterocycles. The molecule has 0 aromatic heterocycles. The third-order valence-electron chi connectivity index (χ3n) is 2.14. The van der Waals surface area contributed by atoms with Gasteiger partial charge in [0, 0.05) is 0 Å². The van der Waals surface area contributed by atoms with E-state index in [2.05, 4.69) is 0 Å². The molecule has 0 aromatic carbocycles. The van der Waals surface area contributed by atoms with Crippen LogP contribution in [0.2, 0.25) is 0 Å². The Kier molecular flexibility index (Phi) is 8.48. The van der Waals surface area contributed by atoms with E-state index in [9.17, 15) is 9.59 Å². The van der Waals surface area contributed by atoms with Gasteiger partial charge in [-0.3, -0.25) is 0 Å². The average Bonchev–Trinajstić information content (AvgIpc) is 2.33. The van der Waals surface area contributed by atoms with Crippen molar-refractivity contribution >= 4 is 23.5 Å². The van der Waals surface area contributed by atoms with Gasteiger partial charge in [0.1, 0.15) is 5.03 Å². The van der Waals surface area contributed by atoms with Gasteiger partial charge >= 0.3 is 11.9 Å². The molecule has 0 amide bonds. The first-order chi connectivity index (χ1) is 8.79. The molecule has 0 aromatic rings. The molecule has 0 saturated carbocycles. The van der Waals surface area contributed by atoms with Crippen molar-refractivity contribution in [3.05, 3.63) is 10.6 Å². The van der Waals surface area contributed by atoms with Gasteiger partial charge in [-0.25, -0.2) is 9.59 Å². The predicted molar refractivity (Wildman–Crippen MR) is 74.8 cm³/mol. The fraction of sp³-hybridized carbons (Fsp3) is 0.714. The first-order valence-electron chi connectivity index (χ1n) is 6.52. The molecule has 0 atom stereocenters. The standard InChI is InChI=1S/C14H23ClO4/c1-6-11(13(16)18-7-9(2)3)12(15)14(17)19-8-10(4)5/h9-10H,6-8H2,1-5H3/b12-11+. The van der Waals surface area contributed by atoms with Gasteiger partial charge in [-0.15, -0.1) is 0 Å². The number of carbonyl (C=O) groups is 2. The fourth-order valence-electron chi connectivity index (χ4n) is 1.15. The van der Waals surface area contributed by atoms with Crippen LogP contribution in [0.25, 0.3) is 0 Å². The zero-order valence-corrected chi connectivity index (χ0v) is 13.0. The molecule has 5 heteroatoms. The fourth-order valence-corrected chi connectivity index (χ4v) is 1.41. The highest BCUT2D eigenvalue weighted by atomic mass is 35.5. The molecule has 4 nitrogen and oxygen atoms in total. The normalized spacial score (nSPS) is 12.4. The number of hydrogen-bond donors (Lipinski definition) is 0. The Bertz CT molecular complexity index is 345. The number of ether oxygens (including phenoxy) is 2.